The zero-order valence-electron chi connectivity index (χ0n) is 16.9. The van der Waals surface area contributed by atoms with Crippen LogP contribution in [0.5, 0.6) is 5.75 Å². The third-order valence-electron chi connectivity index (χ3n) is 5.30. The molecule has 1 aliphatic rings. The van der Waals surface area contributed by atoms with Gasteiger partial charge in [0.2, 0.25) is 5.91 Å². The number of carbonyl (C=O) groups is 1. The van der Waals surface area contributed by atoms with Gasteiger partial charge in [0, 0.05) is 13.6 Å². The van der Waals surface area contributed by atoms with Crippen molar-refractivity contribution in [2.75, 3.05) is 31.6 Å². The molecule has 2 aromatic carbocycles. The quantitative estimate of drug-likeness (QED) is 0.646. The van der Waals surface area contributed by atoms with Crippen molar-refractivity contribution in [2.45, 2.75) is 19.6 Å². The highest BCUT2D eigenvalue weighted by Crippen LogP contribution is 2.32. The SMILES string of the molecule is CCN1CC(CN(C)C(=O)Cn2cnc3ccc(F)cc3c2=O)Oc2ccccc21. The number of ether oxygens (including phenoxy) is 1. The van der Waals surface area contributed by atoms with E-state index in [1.807, 2.05) is 24.3 Å². The summed E-state index contributed by atoms with van der Waals surface area (Å²) >= 11 is 0. The lowest BCUT2D eigenvalue weighted by Gasteiger charge is -2.37. The van der Waals surface area contributed by atoms with Gasteiger partial charge in [-0.25, -0.2) is 9.37 Å². The second kappa shape index (κ2) is 8.14. The number of fused-ring (bicyclic) bond motifs is 2. The molecule has 3 aromatic rings. The first-order valence-electron chi connectivity index (χ1n) is 9.85. The number of likely N-dealkylation sites (N-methyl/N-ethyl adjacent to an activating group) is 2. The number of aromatic nitrogens is 2. The van der Waals surface area contributed by atoms with Crippen LogP contribution >= 0.6 is 0 Å². The van der Waals surface area contributed by atoms with E-state index in [0.717, 1.165) is 24.0 Å². The summed E-state index contributed by atoms with van der Waals surface area (Å²) < 4.78 is 20.8. The predicted molar refractivity (Wildman–Crippen MR) is 112 cm³/mol. The molecule has 7 nitrogen and oxygen atoms in total. The van der Waals surface area contributed by atoms with Crippen molar-refractivity contribution in [1.82, 2.24) is 14.5 Å². The first kappa shape index (κ1) is 19.9. The average molecular weight is 410 g/mol. The summed E-state index contributed by atoms with van der Waals surface area (Å²) in [4.78, 5) is 33.3. The molecule has 0 radical (unpaired) electrons. The minimum absolute atomic E-state index is 0.152. The number of rotatable bonds is 5. The molecular formula is C22H23FN4O3. The predicted octanol–water partition coefficient (Wildman–Crippen LogP) is 2.28. The fourth-order valence-corrected chi connectivity index (χ4v) is 3.69. The summed E-state index contributed by atoms with van der Waals surface area (Å²) in [6.07, 6.45) is 1.13. The highest BCUT2D eigenvalue weighted by Gasteiger charge is 2.26. The lowest BCUT2D eigenvalue weighted by atomic mass is 10.2. The Morgan fingerprint density at radius 1 is 1.30 bits per heavy atom. The van der Waals surface area contributed by atoms with Gasteiger partial charge in [0.05, 0.1) is 36.0 Å². The molecule has 0 saturated carbocycles. The number of amides is 1. The van der Waals surface area contributed by atoms with Crippen LogP contribution in [0, 0.1) is 5.82 Å². The van der Waals surface area contributed by atoms with Crippen LogP contribution in [0.15, 0.2) is 53.6 Å². The van der Waals surface area contributed by atoms with E-state index in [9.17, 15) is 14.0 Å². The summed E-state index contributed by atoms with van der Waals surface area (Å²) in [6.45, 7) is 3.80. The molecule has 1 aliphatic heterocycles. The van der Waals surface area contributed by atoms with Crippen LogP contribution in [0.3, 0.4) is 0 Å². The van der Waals surface area contributed by atoms with Crippen LogP contribution in [0.2, 0.25) is 0 Å². The average Bonchev–Trinajstić information content (AvgIpc) is 2.75. The van der Waals surface area contributed by atoms with E-state index in [4.69, 9.17) is 4.74 Å². The number of hydrogen-bond donors (Lipinski definition) is 0. The normalized spacial score (nSPS) is 15.6. The zero-order chi connectivity index (χ0) is 21.3. The van der Waals surface area contributed by atoms with E-state index in [2.05, 4.69) is 16.8 Å². The second-order valence-corrected chi connectivity index (χ2v) is 7.36. The van der Waals surface area contributed by atoms with E-state index < -0.39 is 11.4 Å². The molecule has 30 heavy (non-hydrogen) atoms. The van der Waals surface area contributed by atoms with Crippen LogP contribution in [0.25, 0.3) is 10.9 Å². The highest BCUT2D eigenvalue weighted by atomic mass is 19.1. The Morgan fingerprint density at radius 3 is 2.90 bits per heavy atom. The number of benzene rings is 2. The maximum absolute atomic E-state index is 13.5. The Kier molecular flexibility index (Phi) is 5.39. The molecular weight excluding hydrogens is 387 g/mol. The summed E-state index contributed by atoms with van der Waals surface area (Å²) in [5.74, 6) is 0.0337. The zero-order valence-corrected chi connectivity index (χ0v) is 16.9. The Balaban J connectivity index is 1.47. The van der Waals surface area contributed by atoms with Crippen LogP contribution in [0.1, 0.15) is 6.92 Å². The number of hydrogen-bond acceptors (Lipinski definition) is 5. The molecule has 0 aliphatic carbocycles. The minimum Gasteiger partial charge on any atom is -0.485 e. The molecule has 156 valence electrons. The highest BCUT2D eigenvalue weighted by molar-refractivity contribution is 5.79. The molecule has 0 N–H and O–H groups in total. The van der Waals surface area contributed by atoms with Gasteiger partial charge < -0.3 is 14.5 Å². The van der Waals surface area contributed by atoms with E-state index in [1.54, 1.807) is 11.9 Å². The molecule has 2 heterocycles. The molecule has 0 saturated heterocycles. The lowest BCUT2D eigenvalue weighted by Crippen LogP contribution is -2.47. The molecule has 0 bridgehead atoms. The Morgan fingerprint density at radius 2 is 2.10 bits per heavy atom. The van der Waals surface area contributed by atoms with Crippen molar-refractivity contribution in [3.05, 3.63) is 65.0 Å². The topological polar surface area (TPSA) is 67.7 Å². The molecule has 0 fully saturated rings. The van der Waals surface area contributed by atoms with Gasteiger partial charge in [-0.1, -0.05) is 12.1 Å². The number of para-hydroxylation sites is 2. The lowest BCUT2D eigenvalue weighted by molar-refractivity contribution is -0.131. The number of anilines is 1. The van der Waals surface area contributed by atoms with Crippen molar-refractivity contribution in [3.63, 3.8) is 0 Å². The Hall–Kier alpha value is -3.42. The van der Waals surface area contributed by atoms with E-state index in [1.165, 1.54) is 23.0 Å². The monoisotopic (exact) mass is 410 g/mol. The number of nitrogens with zero attached hydrogens (tertiary/aromatic N) is 4. The third-order valence-corrected chi connectivity index (χ3v) is 5.30. The van der Waals surface area contributed by atoms with Gasteiger partial charge in [-0.15, -0.1) is 0 Å². The van der Waals surface area contributed by atoms with Crippen LogP contribution < -0.4 is 15.2 Å². The van der Waals surface area contributed by atoms with Crippen molar-refractivity contribution in [1.29, 1.82) is 0 Å². The number of carbonyl (C=O) groups excluding carboxylic acids is 1. The van der Waals surface area contributed by atoms with Gasteiger partial charge in [0.15, 0.2) is 0 Å². The number of halogens is 1. The fraction of sp³-hybridized carbons (Fsp3) is 0.318. The molecule has 1 amide bonds. The van der Waals surface area contributed by atoms with Gasteiger partial charge in [0.25, 0.3) is 5.56 Å². The maximum atomic E-state index is 13.5. The van der Waals surface area contributed by atoms with Gasteiger partial charge in [-0.05, 0) is 37.3 Å². The summed E-state index contributed by atoms with van der Waals surface area (Å²) in [7, 11) is 1.68. The van der Waals surface area contributed by atoms with Crippen molar-refractivity contribution in [2.24, 2.45) is 0 Å². The van der Waals surface area contributed by atoms with Crippen molar-refractivity contribution < 1.29 is 13.9 Å². The maximum Gasteiger partial charge on any atom is 0.261 e. The summed E-state index contributed by atoms with van der Waals surface area (Å²) in [6, 6.07) is 11.7. The van der Waals surface area contributed by atoms with Crippen molar-refractivity contribution in [3.8, 4) is 5.75 Å². The molecule has 0 spiro atoms. The minimum atomic E-state index is -0.516. The van der Waals surface area contributed by atoms with Crippen LogP contribution in [-0.4, -0.2) is 53.1 Å². The molecule has 1 atom stereocenters. The molecule has 8 heteroatoms. The smallest absolute Gasteiger partial charge is 0.261 e. The largest absolute Gasteiger partial charge is 0.485 e. The van der Waals surface area contributed by atoms with Crippen LogP contribution in [0.4, 0.5) is 10.1 Å². The van der Waals surface area contributed by atoms with Gasteiger partial charge in [0.1, 0.15) is 24.2 Å². The van der Waals surface area contributed by atoms with Crippen LogP contribution in [-0.2, 0) is 11.3 Å². The Labute approximate surface area is 173 Å². The van der Waals surface area contributed by atoms with Gasteiger partial charge in [-0.3, -0.25) is 14.2 Å². The molecule has 1 unspecified atom stereocenters. The van der Waals surface area contributed by atoms with Crippen molar-refractivity contribution >= 4 is 22.5 Å². The first-order valence-corrected chi connectivity index (χ1v) is 9.85. The fourth-order valence-electron chi connectivity index (χ4n) is 3.69. The molecule has 4 rings (SSSR count). The molecule has 1 aromatic heterocycles. The third kappa shape index (κ3) is 3.85. The van der Waals surface area contributed by atoms with E-state index >= 15 is 0 Å². The van der Waals surface area contributed by atoms with E-state index in [0.29, 0.717) is 18.6 Å². The summed E-state index contributed by atoms with van der Waals surface area (Å²) in [5, 5.41) is 0.152. The van der Waals surface area contributed by atoms with E-state index in [-0.39, 0.29) is 23.9 Å². The summed E-state index contributed by atoms with van der Waals surface area (Å²) in [5.41, 5.74) is 1.000. The Bertz CT molecular complexity index is 1150. The van der Waals surface area contributed by atoms with Gasteiger partial charge >= 0.3 is 0 Å². The second-order valence-electron chi connectivity index (χ2n) is 7.36. The standard InChI is InChI=1S/C22H23FN4O3/c1-3-26-12-16(30-20-7-5-4-6-19(20)26)11-25(2)21(28)13-27-14-24-18-9-8-15(23)10-17(18)22(27)29/h4-10,14,16H,3,11-13H2,1-2H3. The van der Waals surface area contributed by atoms with Gasteiger partial charge in [-0.2, -0.15) is 0 Å². The first-order chi connectivity index (χ1) is 14.5.